The van der Waals surface area contributed by atoms with E-state index in [1.165, 1.54) is 12.8 Å². The van der Waals surface area contributed by atoms with Crippen LogP contribution in [0.5, 0.6) is 0 Å². The molecule has 20 heavy (non-hydrogen) atoms. The average molecular weight is 290 g/mol. The van der Waals surface area contributed by atoms with Gasteiger partial charge in [0.1, 0.15) is 0 Å². The van der Waals surface area contributed by atoms with Crippen molar-refractivity contribution < 1.29 is 4.79 Å². The predicted octanol–water partition coefficient (Wildman–Crippen LogP) is 5.22. The second-order valence-electron chi connectivity index (χ2n) is 5.00. The minimum atomic E-state index is 0.187. The Bertz CT molecular complexity index is 397. The molecule has 2 heteroatoms. The van der Waals surface area contributed by atoms with Crippen molar-refractivity contribution in [2.75, 3.05) is 11.5 Å². The van der Waals surface area contributed by atoms with Crippen molar-refractivity contribution in [3.63, 3.8) is 0 Å². The molecular formula is C18H26OS. The van der Waals surface area contributed by atoms with Gasteiger partial charge in [0.15, 0.2) is 5.78 Å². The third-order valence-corrected chi connectivity index (χ3v) is 4.37. The van der Waals surface area contributed by atoms with Crippen molar-refractivity contribution in [2.45, 2.75) is 39.5 Å². The maximum Gasteiger partial charge on any atom is 0.159 e. The fraction of sp³-hybridized carbons (Fsp3) is 0.500. The second kappa shape index (κ2) is 10.7. The van der Waals surface area contributed by atoms with Gasteiger partial charge in [0.05, 0.1) is 0 Å². The van der Waals surface area contributed by atoms with Crippen LogP contribution in [0.3, 0.4) is 0 Å². The van der Waals surface area contributed by atoms with E-state index in [-0.39, 0.29) is 11.7 Å². The maximum absolute atomic E-state index is 12.3. The van der Waals surface area contributed by atoms with E-state index < -0.39 is 0 Å². The van der Waals surface area contributed by atoms with E-state index in [0.29, 0.717) is 0 Å². The highest BCUT2D eigenvalue weighted by atomic mass is 32.2. The highest BCUT2D eigenvalue weighted by Gasteiger charge is 2.15. The van der Waals surface area contributed by atoms with Crippen molar-refractivity contribution in [1.82, 2.24) is 0 Å². The number of ketones is 1. The van der Waals surface area contributed by atoms with Crippen LogP contribution in [0.2, 0.25) is 0 Å². The van der Waals surface area contributed by atoms with Crippen LogP contribution in [-0.4, -0.2) is 17.3 Å². The van der Waals surface area contributed by atoms with Crippen molar-refractivity contribution in [3.8, 4) is 0 Å². The van der Waals surface area contributed by atoms with Gasteiger partial charge in [-0.25, -0.2) is 0 Å². The Morgan fingerprint density at radius 2 is 1.95 bits per heavy atom. The molecule has 0 saturated carbocycles. The van der Waals surface area contributed by atoms with E-state index in [9.17, 15) is 4.79 Å². The molecule has 1 rings (SSSR count). The first-order chi connectivity index (χ1) is 9.77. The first kappa shape index (κ1) is 17.0. The normalized spacial score (nSPS) is 12.7. The fourth-order valence-corrected chi connectivity index (χ4v) is 2.94. The van der Waals surface area contributed by atoms with Crippen molar-refractivity contribution in [2.24, 2.45) is 5.92 Å². The summed E-state index contributed by atoms with van der Waals surface area (Å²) in [5, 5.41) is 0. The first-order valence-corrected chi connectivity index (χ1v) is 8.78. The molecule has 0 saturated heterocycles. The van der Waals surface area contributed by atoms with Crippen LogP contribution in [-0.2, 0) is 4.79 Å². The summed E-state index contributed by atoms with van der Waals surface area (Å²) in [5.74, 6) is 2.51. The molecule has 0 radical (unpaired) electrons. The summed E-state index contributed by atoms with van der Waals surface area (Å²) >= 11 is 1.87. The Labute approximate surface area is 127 Å². The van der Waals surface area contributed by atoms with Gasteiger partial charge in [-0.3, -0.25) is 4.79 Å². The molecule has 0 heterocycles. The molecule has 0 fully saturated rings. The largest absolute Gasteiger partial charge is 0.295 e. The topological polar surface area (TPSA) is 17.1 Å². The molecule has 0 unspecified atom stereocenters. The Morgan fingerprint density at radius 1 is 1.20 bits per heavy atom. The van der Waals surface area contributed by atoms with E-state index in [1.807, 2.05) is 48.2 Å². The molecule has 0 aliphatic carbocycles. The average Bonchev–Trinajstić information content (AvgIpc) is 2.49. The maximum atomic E-state index is 12.3. The molecule has 1 nitrogen and oxygen atoms in total. The van der Waals surface area contributed by atoms with Gasteiger partial charge in [-0.15, -0.1) is 0 Å². The number of allylic oxidation sites excluding steroid dienone is 1. The first-order valence-electron chi connectivity index (χ1n) is 7.62. The van der Waals surface area contributed by atoms with Gasteiger partial charge < -0.3 is 0 Å². The summed E-state index contributed by atoms with van der Waals surface area (Å²) in [7, 11) is 0. The van der Waals surface area contributed by atoms with Gasteiger partial charge in [0.2, 0.25) is 0 Å². The third-order valence-electron chi connectivity index (χ3n) is 3.32. The molecule has 0 N–H and O–H groups in total. The summed E-state index contributed by atoms with van der Waals surface area (Å²) in [5.41, 5.74) is 1.09. The lowest BCUT2D eigenvalue weighted by atomic mass is 9.98. The number of thioether (sulfide) groups is 1. The molecule has 0 bridgehead atoms. The number of carbonyl (C=O) groups excluding carboxylic acids is 1. The van der Waals surface area contributed by atoms with E-state index in [1.54, 1.807) is 6.08 Å². The monoisotopic (exact) mass is 290 g/mol. The molecule has 1 aromatic carbocycles. The summed E-state index contributed by atoms with van der Waals surface area (Å²) in [6.45, 7) is 4.35. The number of benzene rings is 1. The Morgan fingerprint density at radius 3 is 2.60 bits per heavy atom. The second-order valence-corrected chi connectivity index (χ2v) is 6.32. The van der Waals surface area contributed by atoms with Gasteiger partial charge >= 0.3 is 0 Å². The predicted molar refractivity (Wildman–Crippen MR) is 91.1 cm³/mol. The highest BCUT2D eigenvalue weighted by Crippen LogP contribution is 2.18. The SMILES string of the molecule is CCCCC[C@H](CSCC)C(=O)/C=C\c1ccccc1. The summed E-state index contributed by atoms with van der Waals surface area (Å²) < 4.78 is 0. The van der Waals surface area contributed by atoms with Crippen molar-refractivity contribution >= 4 is 23.6 Å². The lowest BCUT2D eigenvalue weighted by Crippen LogP contribution is -2.15. The number of carbonyl (C=O) groups is 1. The molecule has 1 atom stereocenters. The van der Waals surface area contributed by atoms with Crippen LogP contribution in [0, 0.1) is 5.92 Å². The Kier molecular flexibility index (Phi) is 9.14. The van der Waals surface area contributed by atoms with Crippen LogP contribution < -0.4 is 0 Å². The molecule has 0 aliphatic rings. The van der Waals surface area contributed by atoms with Crippen LogP contribution in [0.15, 0.2) is 36.4 Å². The zero-order valence-corrected chi connectivity index (χ0v) is 13.5. The van der Waals surface area contributed by atoms with Gasteiger partial charge in [-0.2, -0.15) is 11.8 Å². The smallest absolute Gasteiger partial charge is 0.159 e. The van der Waals surface area contributed by atoms with Gasteiger partial charge in [-0.1, -0.05) is 69.5 Å². The van der Waals surface area contributed by atoms with Gasteiger partial charge in [-0.05, 0) is 23.8 Å². The summed E-state index contributed by atoms with van der Waals surface area (Å²) in [6.07, 6.45) is 8.33. The zero-order chi connectivity index (χ0) is 14.6. The Hall–Kier alpha value is -1.02. The minimum absolute atomic E-state index is 0.187. The third kappa shape index (κ3) is 6.95. The van der Waals surface area contributed by atoms with Crippen molar-refractivity contribution in [1.29, 1.82) is 0 Å². The lowest BCUT2D eigenvalue weighted by molar-refractivity contribution is -0.117. The molecule has 0 aromatic heterocycles. The molecule has 110 valence electrons. The molecule has 1 aromatic rings. The van der Waals surface area contributed by atoms with Crippen LogP contribution in [0.1, 0.15) is 45.1 Å². The lowest BCUT2D eigenvalue weighted by Gasteiger charge is -2.12. The number of hydrogen-bond acceptors (Lipinski definition) is 2. The van der Waals surface area contributed by atoms with Crippen LogP contribution in [0.25, 0.3) is 6.08 Å². The number of unbranched alkanes of at least 4 members (excludes halogenated alkanes) is 2. The van der Waals surface area contributed by atoms with Crippen molar-refractivity contribution in [3.05, 3.63) is 42.0 Å². The standard InChI is InChI=1S/C18H26OS/c1-3-5-7-12-17(15-20-4-2)18(19)14-13-16-10-8-6-9-11-16/h6,8-11,13-14,17H,3-5,7,12,15H2,1-2H3/b14-13-/t17-/m1/s1. The minimum Gasteiger partial charge on any atom is -0.295 e. The Balaban J connectivity index is 2.55. The van der Waals surface area contributed by atoms with E-state index in [2.05, 4.69) is 13.8 Å². The van der Waals surface area contributed by atoms with E-state index in [0.717, 1.165) is 29.9 Å². The summed E-state index contributed by atoms with van der Waals surface area (Å²) in [6, 6.07) is 10.0. The molecule has 0 spiro atoms. The number of rotatable bonds is 10. The van der Waals surface area contributed by atoms with E-state index in [4.69, 9.17) is 0 Å². The quantitative estimate of drug-likeness (QED) is 0.434. The fourth-order valence-electron chi connectivity index (χ4n) is 2.09. The van der Waals surface area contributed by atoms with E-state index >= 15 is 0 Å². The van der Waals surface area contributed by atoms with Crippen LogP contribution in [0.4, 0.5) is 0 Å². The van der Waals surface area contributed by atoms with Crippen LogP contribution >= 0.6 is 11.8 Å². The molecular weight excluding hydrogens is 264 g/mol. The molecule has 0 aliphatic heterocycles. The molecule has 0 amide bonds. The highest BCUT2D eigenvalue weighted by molar-refractivity contribution is 7.99. The zero-order valence-electron chi connectivity index (χ0n) is 12.7. The summed E-state index contributed by atoms with van der Waals surface area (Å²) in [4.78, 5) is 12.3. The number of hydrogen-bond donors (Lipinski definition) is 0. The van der Waals surface area contributed by atoms with Gasteiger partial charge in [0, 0.05) is 11.7 Å². The van der Waals surface area contributed by atoms with Gasteiger partial charge in [0.25, 0.3) is 0 Å².